The monoisotopic (exact) mass is 247 g/mol. The first-order valence-electron chi connectivity index (χ1n) is 6.15. The summed E-state index contributed by atoms with van der Waals surface area (Å²) < 4.78 is 11.1. The molecule has 0 fully saturated rings. The summed E-state index contributed by atoms with van der Waals surface area (Å²) in [4.78, 5) is 10.0. The Morgan fingerprint density at radius 2 is 1.94 bits per heavy atom. The molecule has 2 heterocycles. The van der Waals surface area contributed by atoms with Gasteiger partial charge in [0.05, 0.1) is 11.0 Å². The van der Waals surface area contributed by atoms with Crippen LogP contribution in [0.1, 0.15) is 5.82 Å². The van der Waals surface area contributed by atoms with Crippen molar-refractivity contribution in [3.05, 3.63) is 18.0 Å². The van der Waals surface area contributed by atoms with Gasteiger partial charge in [0.2, 0.25) is 0 Å². The molecule has 0 aliphatic carbocycles. The molecule has 0 saturated carbocycles. The quantitative estimate of drug-likeness (QED) is 0.891. The van der Waals surface area contributed by atoms with Gasteiger partial charge in [-0.25, -0.2) is 4.98 Å². The molecular weight excluding hydrogens is 230 g/mol. The lowest BCUT2D eigenvalue weighted by atomic mass is 10.2. The largest absolute Gasteiger partial charge is 0.486 e. The van der Waals surface area contributed by atoms with Gasteiger partial charge in [-0.1, -0.05) is 0 Å². The summed E-state index contributed by atoms with van der Waals surface area (Å²) in [6.07, 6.45) is 0.911. The van der Waals surface area contributed by atoms with Gasteiger partial charge in [0.1, 0.15) is 19.0 Å². The van der Waals surface area contributed by atoms with Crippen LogP contribution in [-0.4, -0.2) is 48.7 Å². The molecule has 0 unspecified atom stereocenters. The second-order valence-electron chi connectivity index (χ2n) is 4.75. The molecule has 1 aliphatic heterocycles. The van der Waals surface area contributed by atoms with E-state index < -0.39 is 0 Å². The van der Waals surface area contributed by atoms with Crippen molar-refractivity contribution in [2.45, 2.75) is 6.42 Å². The maximum Gasteiger partial charge on any atom is 0.163 e. The van der Waals surface area contributed by atoms with Crippen molar-refractivity contribution in [3.8, 4) is 11.5 Å². The van der Waals surface area contributed by atoms with E-state index in [2.05, 4.69) is 29.0 Å². The smallest absolute Gasteiger partial charge is 0.163 e. The fourth-order valence-electron chi connectivity index (χ4n) is 2.05. The zero-order chi connectivity index (χ0) is 12.5. The van der Waals surface area contributed by atoms with Crippen LogP contribution in [0.25, 0.3) is 11.0 Å². The van der Waals surface area contributed by atoms with Crippen LogP contribution in [0.5, 0.6) is 11.5 Å². The van der Waals surface area contributed by atoms with Crippen LogP contribution in [0.4, 0.5) is 0 Å². The Labute approximate surface area is 106 Å². The highest BCUT2D eigenvalue weighted by Gasteiger charge is 2.14. The summed E-state index contributed by atoms with van der Waals surface area (Å²) >= 11 is 0. The van der Waals surface area contributed by atoms with Crippen molar-refractivity contribution in [1.82, 2.24) is 14.9 Å². The second-order valence-corrected chi connectivity index (χ2v) is 4.75. The van der Waals surface area contributed by atoms with Gasteiger partial charge < -0.3 is 19.4 Å². The molecule has 0 saturated heterocycles. The fourth-order valence-corrected chi connectivity index (χ4v) is 2.05. The number of hydrogen-bond donors (Lipinski definition) is 1. The number of H-pyrrole nitrogens is 1. The van der Waals surface area contributed by atoms with E-state index in [1.807, 2.05) is 12.1 Å². The Morgan fingerprint density at radius 1 is 1.22 bits per heavy atom. The van der Waals surface area contributed by atoms with E-state index in [9.17, 15) is 0 Å². The summed E-state index contributed by atoms with van der Waals surface area (Å²) in [7, 11) is 4.12. The fraction of sp³-hybridized carbons (Fsp3) is 0.462. The van der Waals surface area contributed by atoms with Crippen LogP contribution in [0.3, 0.4) is 0 Å². The molecular formula is C13H17N3O2. The van der Waals surface area contributed by atoms with Crippen molar-refractivity contribution in [1.29, 1.82) is 0 Å². The highest BCUT2D eigenvalue weighted by Crippen LogP contribution is 2.33. The maximum atomic E-state index is 5.56. The molecule has 1 aliphatic rings. The number of benzene rings is 1. The summed E-state index contributed by atoms with van der Waals surface area (Å²) in [6.45, 7) is 2.20. The summed E-state index contributed by atoms with van der Waals surface area (Å²) in [5.74, 6) is 2.59. The lowest BCUT2D eigenvalue weighted by Gasteiger charge is -2.17. The van der Waals surface area contributed by atoms with Crippen molar-refractivity contribution in [3.63, 3.8) is 0 Å². The third-order valence-electron chi connectivity index (χ3n) is 2.99. The number of nitrogens with one attached hydrogen (secondary N) is 1. The zero-order valence-corrected chi connectivity index (χ0v) is 10.7. The van der Waals surface area contributed by atoms with Gasteiger partial charge in [-0.2, -0.15) is 0 Å². The van der Waals surface area contributed by atoms with Gasteiger partial charge in [0.15, 0.2) is 11.5 Å². The molecule has 0 spiro atoms. The van der Waals surface area contributed by atoms with Crippen LogP contribution in [0.15, 0.2) is 12.1 Å². The number of aromatic nitrogens is 2. The van der Waals surface area contributed by atoms with Crippen LogP contribution in [-0.2, 0) is 6.42 Å². The molecule has 5 nitrogen and oxygen atoms in total. The van der Waals surface area contributed by atoms with Crippen molar-refractivity contribution < 1.29 is 9.47 Å². The SMILES string of the molecule is CN(C)CCc1nc2cc3c(cc2[nH]1)OCCO3. The average Bonchev–Trinajstić information content (AvgIpc) is 2.75. The molecule has 3 rings (SSSR count). The standard InChI is InChI=1S/C13H17N3O2/c1-16(2)4-3-13-14-9-7-11-12(8-10(9)15-13)18-6-5-17-11/h7-8H,3-6H2,1-2H3,(H,14,15). The first kappa shape index (κ1) is 11.3. The molecule has 0 atom stereocenters. The molecule has 2 aromatic rings. The normalized spacial score (nSPS) is 14.4. The second kappa shape index (κ2) is 4.49. The number of likely N-dealkylation sites (N-methyl/N-ethyl adjacent to an activating group) is 1. The van der Waals surface area contributed by atoms with Gasteiger partial charge in [-0.3, -0.25) is 0 Å². The van der Waals surface area contributed by atoms with Crippen LogP contribution in [0, 0.1) is 0 Å². The Kier molecular flexibility index (Phi) is 2.83. The highest BCUT2D eigenvalue weighted by molar-refractivity contribution is 5.79. The van der Waals surface area contributed by atoms with E-state index in [0.29, 0.717) is 13.2 Å². The Balaban J connectivity index is 1.91. The molecule has 5 heteroatoms. The number of aromatic amines is 1. The van der Waals surface area contributed by atoms with Crippen LogP contribution < -0.4 is 9.47 Å². The van der Waals surface area contributed by atoms with Gasteiger partial charge in [-0.15, -0.1) is 0 Å². The number of nitrogens with zero attached hydrogens (tertiary/aromatic N) is 2. The Hall–Kier alpha value is -1.75. The predicted octanol–water partition coefficient (Wildman–Crippen LogP) is 1.44. The molecule has 1 aromatic heterocycles. The van der Waals surface area contributed by atoms with Gasteiger partial charge in [0, 0.05) is 25.1 Å². The van der Waals surface area contributed by atoms with E-state index in [1.54, 1.807) is 0 Å². The van der Waals surface area contributed by atoms with Gasteiger partial charge >= 0.3 is 0 Å². The first-order chi connectivity index (χ1) is 8.72. The van der Waals surface area contributed by atoms with Crippen molar-refractivity contribution in [2.75, 3.05) is 33.9 Å². The lowest BCUT2D eigenvalue weighted by Crippen LogP contribution is -2.15. The van der Waals surface area contributed by atoms with E-state index in [1.165, 1.54) is 0 Å². The third-order valence-corrected chi connectivity index (χ3v) is 2.99. The average molecular weight is 247 g/mol. The summed E-state index contributed by atoms with van der Waals surface area (Å²) in [5, 5.41) is 0. The molecule has 1 N–H and O–H groups in total. The molecule has 0 bridgehead atoms. The van der Waals surface area contributed by atoms with E-state index in [4.69, 9.17) is 9.47 Å². The molecule has 18 heavy (non-hydrogen) atoms. The van der Waals surface area contributed by atoms with Gasteiger partial charge in [-0.05, 0) is 14.1 Å². The van der Waals surface area contributed by atoms with Gasteiger partial charge in [0.25, 0.3) is 0 Å². The van der Waals surface area contributed by atoms with E-state index in [0.717, 1.165) is 41.3 Å². The minimum absolute atomic E-state index is 0.608. The summed E-state index contributed by atoms with van der Waals surface area (Å²) in [6, 6.07) is 3.91. The lowest BCUT2D eigenvalue weighted by molar-refractivity contribution is 0.172. The number of imidazole rings is 1. The predicted molar refractivity (Wildman–Crippen MR) is 69.3 cm³/mol. The minimum atomic E-state index is 0.608. The number of ether oxygens (including phenoxy) is 2. The number of hydrogen-bond acceptors (Lipinski definition) is 4. The zero-order valence-electron chi connectivity index (χ0n) is 10.7. The van der Waals surface area contributed by atoms with E-state index in [-0.39, 0.29) is 0 Å². The minimum Gasteiger partial charge on any atom is -0.486 e. The summed E-state index contributed by atoms with van der Waals surface area (Å²) in [5.41, 5.74) is 1.95. The topological polar surface area (TPSA) is 50.4 Å². The van der Waals surface area contributed by atoms with Crippen LogP contribution >= 0.6 is 0 Å². The third kappa shape index (κ3) is 2.13. The Bertz CT molecular complexity index is 520. The molecule has 0 amide bonds. The molecule has 1 aromatic carbocycles. The highest BCUT2D eigenvalue weighted by atomic mass is 16.6. The van der Waals surface area contributed by atoms with Crippen LogP contribution in [0.2, 0.25) is 0 Å². The molecule has 96 valence electrons. The van der Waals surface area contributed by atoms with Crippen molar-refractivity contribution in [2.24, 2.45) is 0 Å². The van der Waals surface area contributed by atoms with E-state index >= 15 is 0 Å². The number of fused-ring (bicyclic) bond motifs is 2. The van der Waals surface area contributed by atoms with Crippen molar-refractivity contribution >= 4 is 11.0 Å². The first-order valence-corrected chi connectivity index (χ1v) is 6.15. The maximum absolute atomic E-state index is 5.56. The number of rotatable bonds is 3. The molecule has 0 radical (unpaired) electrons. The Morgan fingerprint density at radius 3 is 2.67 bits per heavy atom.